The van der Waals surface area contributed by atoms with Crippen LogP contribution >= 0.6 is 0 Å². The zero-order valence-corrected chi connectivity index (χ0v) is 12.5. The number of nitrogens with two attached hydrogens (primary N) is 1. The summed E-state index contributed by atoms with van der Waals surface area (Å²) >= 11 is 0. The average molecular weight is 327 g/mol. The van der Waals surface area contributed by atoms with Gasteiger partial charge in [-0.2, -0.15) is 0 Å². The first-order chi connectivity index (χ1) is 10.8. The maximum absolute atomic E-state index is 11.1. The highest BCUT2D eigenvalue weighted by molar-refractivity contribution is 5.67. The Morgan fingerprint density at radius 2 is 2.13 bits per heavy atom. The third-order valence-corrected chi connectivity index (χ3v) is 3.64. The van der Waals surface area contributed by atoms with E-state index in [-0.39, 0.29) is 18.2 Å². The number of nitrogen functional groups attached to an aromatic ring is 1. The number of rotatable bonds is 4. The van der Waals surface area contributed by atoms with Gasteiger partial charge in [-0.3, -0.25) is 10.1 Å². The lowest BCUT2D eigenvalue weighted by Gasteiger charge is -2.24. The lowest BCUT2D eigenvalue weighted by Crippen LogP contribution is -2.35. The van der Waals surface area contributed by atoms with Gasteiger partial charge in [-0.25, -0.2) is 9.97 Å². The van der Waals surface area contributed by atoms with E-state index in [4.69, 9.17) is 19.9 Å². The summed E-state index contributed by atoms with van der Waals surface area (Å²) in [4.78, 5) is 17.9. The van der Waals surface area contributed by atoms with E-state index < -0.39 is 40.9 Å². The molecule has 3 heterocycles. The fourth-order valence-corrected chi connectivity index (χ4v) is 2.76. The Hall–Kier alpha value is -2.08. The lowest BCUT2D eigenvalue weighted by atomic mass is 10.1. The predicted octanol–water partition coefficient (Wildman–Crippen LogP) is -0.384. The molecule has 11 heteroatoms. The second kappa shape index (κ2) is 5.53. The van der Waals surface area contributed by atoms with Crippen molar-refractivity contribution in [1.82, 2.24) is 9.97 Å². The van der Waals surface area contributed by atoms with Crippen LogP contribution in [0.1, 0.15) is 13.8 Å². The van der Waals surface area contributed by atoms with Gasteiger partial charge >= 0.3 is 5.69 Å². The molecule has 2 saturated heterocycles. The highest BCUT2D eigenvalue weighted by atomic mass is 16.8. The van der Waals surface area contributed by atoms with E-state index in [1.165, 1.54) is 0 Å². The van der Waals surface area contributed by atoms with Crippen LogP contribution in [0.25, 0.3) is 0 Å². The number of aromatic nitrogens is 2. The average Bonchev–Trinajstić information content (AvgIpc) is 2.92. The van der Waals surface area contributed by atoms with Crippen LogP contribution in [0.2, 0.25) is 0 Å². The van der Waals surface area contributed by atoms with E-state index in [1.54, 1.807) is 13.8 Å². The molecule has 126 valence electrons. The van der Waals surface area contributed by atoms with Crippen molar-refractivity contribution < 1.29 is 24.2 Å². The molecule has 1 unspecified atom stereocenters. The van der Waals surface area contributed by atoms with Gasteiger partial charge in [-0.1, -0.05) is 0 Å². The Morgan fingerprint density at radius 1 is 1.43 bits per heavy atom. The summed E-state index contributed by atoms with van der Waals surface area (Å²) in [7, 11) is 0. The Kier molecular flexibility index (Phi) is 3.80. The topological polar surface area (TPSA) is 155 Å². The molecule has 11 nitrogen and oxygen atoms in total. The predicted molar refractivity (Wildman–Crippen MR) is 76.3 cm³/mol. The summed E-state index contributed by atoms with van der Waals surface area (Å²) < 4.78 is 17.1. The van der Waals surface area contributed by atoms with Crippen molar-refractivity contribution in [2.45, 2.75) is 44.2 Å². The molecule has 23 heavy (non-hydrogen) atoms. The Bertz CT molecular complexity index is 626. The Morgan fingerprint density at radius 3 is 2.78 bits per heavy atom. The molecule has 0 spiro atoms. The quantitative estimate of drug-likeness (QED) is 0.492. The van der Waals surface area contributed by atoms with Crippen molar-refractivity contribution >= 4 is 17.3 Å². The molecule has 0 bridgehead atoms. The molecular weight excluding hydrogens is 310 g/mol. The van der Waals surface area contributed by atoms with Gasteiger partial charge in [0.05, 0.1) is 11.5 Å². The van der Waals surface area contributed by atoms with E-state index >= 15 is 0 Å². The van der Waals surface area contributed by atoms with Crippen molar-refractivity contribution in [2.24, 2.45) is 0 Å². The molecule has 4 N–H and O–H groups in total. The van der Waals surface area contributed by atoms with Crippen molar-refractivity contribution in [3.8, 4) is 0 Å². The maximum atomic E-state index is 11.1. The fraction of sp³-hybridized carbons (Fsp3) is 0.667. The lowest BCUT2D eigenvalue weighted by molar-refractivity contribution is -0.383. The van der Waals surface area contributed by atoms with Crippen molar-refractivity contribution in [3.63, 3.8) is 0 Å². The van der Waals surface area contributed by atoms with Gasteiger partial charge in [0.2, 0.25) is 11.6 Å². The molecule has 0 aliphatic carbocycles. The molecule has 4 atom stereocenters. The number of nitrogens with zero attached hydrogens (tertiary/aromatic N) is 3. The van der Waals surface area contributed by atoms with E-state index in [9.17, 15) is 15.2 Å². The molecule has 3 rings (SSSR count). The van der Waals surface area contributed by atoms with Crippen LogP contribution in [0.4, 0.5) is 17.3 Å². The number of hydrogen-bond acceptors (Lipinski definition) is 10. The highest BCUT2D eigenvalue weighted by Crippen LogP contribution is 2.39. The van der Waals surface area contributed by atoms with E-state index in [1.807, 2.05) is 0 Å². The second-order valence-corrected chi connectivity index (χ2v) is 5.70. The number of fused-ring (bicyclic) bond motifs is 1. The van der Waals surface area contributed by atoms with Gasteiger partial charge in [0.15, 0.2) is 12.0 Å². The largest absolute Gasteiger partial charge is 0.394 e. The Labute approximate surface area is 130 Å². The van der Waals surface area contributed by atoms with E-state index in [2.05, 4.69) is 15.3 Å². The first-order valence-corrected chi connectivity index (χ1v) is 6.96. The number of aliphatic hydroxyl groups excluding tert-OH is 1. The summed E-state index contributed by atoms with van der Waals surface area (Å²) in [6.45, 7) is 3.21. The third-order valence-electron chi connectivity index (χ3n) is 3.64. The smallest absolute Gasteiger partial charge is 0.353 e. The molecule has 2 aliphatic rings. The molecule has 0 amide bonds. The first-order valence-electron chi connectivity index (χ1n) is 6.96. The number of aliphatic hydroxyl groups is 1. The summed E-state index contributed by atoms with van der Waals surface area (Å²) in [6.07, 6.45) is -1.34. The van der Waals surface area contributed by atoms with Crippen molar-refractivity contribution in [3.05, 3.63) is 16.4 Å². The number of ether oxygens (including phenoxy) is 3. The summed E-state index contributed by atoms with van der Waals surface area (Å²) in [5, 5.41) is 23.3. The van der Waals surface area contributed by atoms with Crippen LogP contribution in [-0.4, -0.2) is 56.9 Å². The molecule has 2 fully saturated rings. The van der Waals surface area contributed by atoms with Gasteiger partial charge < -0.3 is 30.4 Å². The van der Waals surface area contributed by atoms with Crippen LogP contribution in [0.5, 0.6) is 0 Å². The van der Waals surface area contributed by atoms with Gasteiger partial charge in [-0.15, -0.1) is 0 Å². The van der Waals surface area contributed by atoms with Crippen LogP contribution in [0.15, 0.2) is 6.33 Å². The maximum Gasteiger partial charge on any atom is 0.353 e. The number of anilines is 2. The standard InChI is InChI=1S/C12H17N5O6/c1-12(2)22-7-5(3-18)21-11(8(7)23-12)16-10-6(17(19)20)9(13)14-4-15-10/h4-5,7-8,11,18H,3H2,1-2H3,(H3,13,14,15,16)/t5-,7-,8-,11?/m1/s1. The fourth-order valence-electron chi connectivity index (χ4n) is 2.76. The van der Waals surface area contributed by atoms with E-state index in [0.717, 1.165) is 6.33 Å². The van der Waals surface area contributed by atoms with Crippen LogP contribution in [-0.2, 0) is 14.2 Å². The minimum absolute atomic E-state index is 0.0851. The third kappa shape index (κ3) is 2.79. The molecule has 0 radical (unpaired) electrons. The molecule has 0 saturated carbocycles. The van der Waals surface area contributed by atoms with Gasteiger partial charge in [-0.05, 0) is 13.8 Å². The molecule has 0 aromatic carbocycles. The van der Waals surface area contributed by atoms with Gasteiger partial charge in [0.1, 0.15) is 24.6 Å². The van der Waals surface area contributed by atoms with Crippen LogP contribution in [0.3, 0.4) is 0 Å². The normalized spacial score (nSPS) is 31.8. The SMILES string of the molecule is CC1(C)O[C@@H]2[C@@H](CO)OC(Nc3ncnc(N)c3[N+](=O)[O-])[C@@H]2O1. The summed E-state index contributed by atoms with van der Waals surface area (Å²) in [5.74, 6) is -1.19. The Balaban J connectivity index is 1.86. The highest BCUT2D eigenvalue weighted by Gasteiger charge is 2.55. The zero-order chi connectivity index (χ0) is 16.8. The monoisotopic (exact) mass is 327 g/mol. The van der Waals surface area contributed by atoms with Crippen LogP contribution in [0, 0.1) is 10.1 Å². The number of hydrogen-bond donors (Lipinski definition) is 3. The molecular formula is C12H17N5O6. The van der Waals surface area contributed by atoms with Crippen molar-refractivity contribution in [1.29, 1.82) is 0 Å². The number of nitro groups is 1. The zero-order valence-electron chi connectivity index (χ0n) is 12.5. The second-order valence-electron chi connectivity index (χ2n) is 5.70. The van der Waals surface area contributed by atoms with E-state index in [0.29, 0.717) is 0 Å². The summed E-state index contributed by atoms with van der Waals surface area (Å²) in [6, 6.07) is 0. The minimum Gasteiger partial charge on any atom is -0.394 e. The minimum atomic E-state index is -0.844. The van der Waals surface area contributed by atoms with Crippen LogP contribution < -0.4 is 11.1 Å². The molecule has 1 aromatic rings. The van der Waals surface area contributed by atoms with Gasteiger partial charge in [0.25, 0.3) is 0 Å². The first kappa shape index (κ1) is 15.8. The number of nitrogens with one attached hydrogen (secondary N) is 1. The summed E-state index contributed by atoms with van der Waals surface area (Å²) in [5.41, 5.74) is 5.08. The van der Waals surface area contributed by atoms with Crippen molar-refractivity contribution in [2.75, 3.05) is 17.7 Å². The molecule has 1 aromatic heterocycles. The van der Waals surface area contributed by atoms with Gasteiger partial charge in [0, 0.05) is 0 Å². The molecule has 2 aliphatic heterocycles.